The third-order valence-electron chi connectivity index (χ3n) is 5.71. The van der Waals surface area contributed by atoms with Crippen LogP contribution in [0, 0.1) is 5.92 Å². The monoisotopic (exact) mass is 391 g/mol. The molecule has 0 radical (unpaired) electrons. The second kappa shape index (κ2) is 9.98. The van der Waals surface area contributed by atoms with E-state index in [1.807, 2.05) is 29.2 Å². The van der Waals surface area contributed by atoms with Crippen LogP contribution in [-0.2, 0) is 11.3 Å². The summed E-state index contributed by atoms with van der Waals surface area (Å²) >= 11 is 5.87. The molecule has 2 aliphatic rings. The number of nitrogens with zero attached hydrogens (tertiary/aromatic N) is 1. The molecule has 0 spiro atoms. The van der Waals surface area contributed by atoms with Crippen LogP contribution in [-0.4, -0.2) is 36.0 Å². The van der Waals surface area contributed by atoms with Crippen LogP contribution in [0.25, 0.3) is 0 Å². The first-order valence-corrected chi connectivity index (χ1v) is 10.5. The normalized spacial score (nSPS) is 18.9. The summed E-state index contributed by atoms with van der Waals surface area (Å²) in [5.41, 5.74) is 1.04. The summed E-state index contributed by atoms with van der Waals surface area (Å²) in [4.78, 5) is 26.5. The molecule has 0 aromatic heterocycles. The van der Waals surface area contributed by atoms with E-state index in [-0.39, 0.29) is 11.9 Å². The standard InChI is InChI=1S/C21H30ClN3O2/c22-18-8-6-17(7-9-18)15-23-20(26)14-16-10-12-25(13-11-16)21(27)24-19-4-2-1-3-5-19/h6-9,16,19H,1-5,10-15H2,(H,23,26)(H,24,27). The number of hydrogen-bond donors (Lipinski definition) is 2. The molecule has 2 N–H and O–H groups in total. The predicted molar refractivity (Wildman–Crippen MR) is 108 cm³/mol. The van der Waals surface area contributed by atoms with Crippen LogP contribution in [0.4, 0.5) is 4.79 Å². The lowest BCUT2D eigenvalue weighted by atomic mass is 9.93. The molecule has 2 fully saturated rings. The SMILES string of the molecule is O=C(CC1CCN(C(=O)NC2CCCCC2)CC1)NCc1ccc(Cl)cc1. The Morgan fingerprint density at radius 3 is 2.33 bits per heavy atom. The lowest BCUT2D eigenvalue weighted by molar-refractivity contribution is -0.122. The van der Waals surface area contributed by atoms with E-state index < -0.39 is 0 Å². The van der Waals surface area contributed by atoms with Crippen LogP contribution in [0.15, 0.2) is 24.3 Å². The van der Waals surface area contributed by atoms with Gasteiger partial charge in [0.2, 0.25) is 5.91 Å². The molecule has 148 valence electrons. The Morgan fingerprint density at radius 1 is 1.00 bits per heavy atom. The van der Waals surface area contributed by atoms with Crippen LogP contribution >= 0.6 is 11.6 Å². The first kappa shape index (κ1) is 20.0. The van der Waals surface area contributed by atoms with E-state index in [0.29, 0.717) is 29.9 Å². The minimum absolute atomic E-state index is 0.0764. The zero-order valence-corrected chi connectivity index (χ0v) is 16.6. The molecule has 1 aromatic carbocycles. The molecule has 1 aliphatic heterocycles. The molecule has 6 heteroatoms. The van der Waals surface area contributed by atoms with E-state index >= 15 is 0 Å². The number of halogens is 1. The highest BCUT2D eigenvalue weighted by molar-refractivity contribution is 6.30. The molecule has 0 bridgehead atoms. The molecule has 5 nitrogen and oxygen atoms in total. The zero-order valence-electron chi connectivity index (χ0n) is 15.9. The van der Waals surface area contributed by atoms with Gasteiger partial charge in [-0.05, 0) is 49.3 Å². The number of piperidine rings is 1. The van der Waals surface area contributed by atoms with Gasteiger partial charge in [0.15, 0.2) is 0 Å². The second-order valence-corrected chi connectivity index (χ2v) is 8.26. The van der Waals surface area contributed by atoms with Crippen molar-refractivity contribution in [2.75, 3.05) is 13.1 Å². The zero-order chi connectivity index (χ0) is 19.1. The molecule has 1 aromatic rings. The van der Waals surface area contributed by atoms with E-state index in [9.17, 15) is 9.59 Å². The molecule has 3 rings (SSSR count). The second-order valence-electron chi connectivity index (χ2n) is 7.82. The Hall–Kier alpha value is -1.75. The molecule has 0 atom stereocenters. The lowest BCUT2D eigenvalue weighted by Gasteiger charge is -2.33. The van der Waals surface area contributed by atoms with Crippen molar-refractivity contribution < 1.29 is 9.59 Å². The summed E-state index contributed by atoms with van der Waals surface area (Å²) in [6, 6.07) is 7.93. The largest absolute Gasteiger partial charge is 0.352 e. The fourth-order valence-corrected chi connectivity index (χ4v) is 4.12. The van der Waals surface area contributed by atoms with Crippen LogP contribution in [0.2, 0.25) is 5.02 Å². The lowest BCUT2D eigenvalue weighted by Crippen LogP contribution is -2.48. The number of nitrogens with one attached hydrogen (secondary N) is 2. The first-order valence-electron chi connectivity index (χ1n) is 10.2. The minimum Gasteiger partial charge on any atom is -0.352 e. The van der Waals surface area contributed by atoms with Gasteiger partial charge in [0.05, 0.1) is 0 Å². The number of likely N-dealkylation sites (tertiary alicyclic amines) is 1. The smallest absolute Gasteiger partial charge is 0.317 e. The molecule has 1 saturated carbocycles. The maximum absolute atomic E-state index is 12.4. The summed E-state index contributed by atoms with van der Waals surface area (Å²) in [5.74, 6) is 0.434. The number of benzene rings is 1. The average Bonchev–Trinajstić information content (AvgIpc) is 2.69. The molecule has 3 amide bonds. The van der Waals surface area contributed by atoms with E-state index in [0.717, 1.165) is 44.3 Å². The van der Waals surface area contributed by atoms with E-state index in [4.69, 9.17) is 11.6 Å². The summed E-state index contributed by atoms with van der Waals surface area (Å²) in [6.07, 6.45) is 8.27. The van der Waals surface area contributed by atoms with Crippen LogP contribution in [0.1, 0.15) is 56.9 Å². The fourth-order valence-electron chi connectivity index (χ4n) is 3.99. The number of amides is 3. The van der Waals surface area contributed by atoms with Crippen LogP contribution in [0.3, 0.4) is 0 Å². The summed E-state index contributed by atoms with van der Waals surface area (Å²) < 4.78 is 0. The van der Waals surface area contributed by atoms with Crippen molar-refractivity contribution in [1.82, 2.24) is 15.5 Å². The Labute approximate surface area is 166 Å². The minimum atomic E-state index is 0.0764. The fraction of sp³-hybridized carbons (Fsp3) is 0.619. The van der Waals surface area contributed by atoms with Gasteiger partial charge in [-0.2, -0.15) is 0 Å². The van der Waals surface area contributed by atoms with Gasteiger partial charge in [-0.25, -0.2) is 4.79 Å². The van der Waals surface area contributed by atoms with E-state index in [2.05, 4.69) is 10.6 Å². The van der Waals surface area contributed by atoms with Crippen LogP contribution in [0.5, 0.6) is 0 Å². The molecule has 27 heavy (non-hydrogen) atoms. The van der Waals surface area contributed by atoms with Gasteiger partial charge in [0, 0.05) is 37.1 Å². The van der Waals surface area contributed by atoms with E-state index in [1.165, 1.54) is 19.3 Å². The average molecular weight is 392 g/mol. The van der Waals surface area contributed by atoms with Gasteiger partial charge < -0.3 is 15.5 Å². The third kappa shape index (κ3) is 6.42. The molecular weight excluding hydrogens is 362 g/mol. The van der Waals surface area contributed by atoms with Gasteiger partial charge in [-0.3, -0.25) is 4.79 Å². The first-order chi connectivity index (χ1) is 13.1. The molecular formula is C21H30ClN3O2. The van der Waals surface area contributed by atoms with Crippen molar-refractivity contribution in [1.29, 1.82) is 0 Å². The Balaban J connectivity index is 1.34. The number of rotatable bonds is 5. The van der Waals surface area contributed by atoms with Gasteiger partial charge in [-0.15, -0.1) is 0 Å². The van der Waals surface area contributed by atoms with E-state index in [1.54, 1.807) is 0 Å². The Kier molecular flexibility index (Phi) is 7.39. The van der Waals surface area contributed by atoms with Gasteiger partial charge in [0.25, 0.3) is 0 Å². The van der Waals surface area contributed by atoms with Crippen molar-refractivity contribution in [3.05, 3.63) is 34.9 Å². The maximum Gasteiger partial charge on any atom is 0.317 e. The quantitative estimate of drug-likeness (QED) is 0.793. The number of carbonyl (C=O) groups excluding carboxylic acids is 2. The number of carbonyl (C=O) groups is 2. The highest BCUT2D eigenvalue weighted by Crippen LogP contribution is 2.22. The van der Waals surface area contributed by atoms with Crippen molar-refractivity contribution >= 4 is 23.5 Å². The topological polar surface area (TPSA) is 61.4 Å². The van der Waals surface area contributed by atoms with Crippen molar-refractivity contribution in [3.8, 4) is 0 Å². The van der Waals surface area contributed by atoms with Gasteiger partial charge in [0.1, 0.15) is 0 Å². The maximum atomic E-state index is 12.4. The van der Waals surface area contributed by atoms with Crippen molar-refractivity contribution in [3.63, 3.8) is 0 Å². The molecule has 1 aliphatic carbocycles. The summed E-state index contributed by atoms with van der Waals surface area (Å²) in [7, 11) is 0. The highest BCUT2D eigenvalue weighted by Gasteiger charge is 2.26. The van der Waals surface area contributed by atoms with Crippen molar-refractivity contribution in [2.45, 2.75) is 64.0 Å². The summed E-state index contributed by atoms with van der Waals surface area (Å²) in [5, 5.41) is 6.86. The van der Waals surface area contributed by atoms with Crippen molar-refractivity contribution in [2.24, 2.45) is 5.92 Å². The molecule has 1 heterocycles. The number of urea groups is 1. The third-order valence-corrected chi connectivity index (χ3v) is 5.96. The predicted octanol–water partition coefficient (Wildman–Crippen LogP) is 4.10. The summed E-state index contributed by atoms with van der Waals surface area (Å²) in [6.45, 7) is 2.01. The molecule has 0 unspecified atom stereocenters. The highest BCUT2D eigenvalue weighted by atomic mass is 35.5. The van der Waals surface area contributed by atoms with Gasteiger partial charge >= 0.3 is 6.03 Å². The Bertz CT molecular complexity index is 621. The Morgan fingerprint density at radius 2 is 1.67 bits per heavy atom. The van der Waals surface area contributed by atoms with Crippen LogP contribution < -0.4 is 10.6 Å². The molecule has 1 saturated heterocycles. The van der Waals surface area contributed by atoms with Gasteiger partial charge in [-0.1, -0.05) is 43.0 Å². The number of hydrogen-bond acceptors (Lipinski definition) is 2.